The van der Waals surface area contributed by atoms with E-state index in [9.17, 15) is 0 Å². The Labute approximate surface area is 118 Å². The van der Waals surface area contributed by atoms with Crippen molar-refractivity contribution in [2.75, 3.05) is 7.05 Å². The van der Waals surface area contributed by atoms with Crippen LogP contribution in [0.15, 0.2) is 28.7 Å². The van der Waals surface area contributed by atoms with Crippen molar-refractivity contribution in [1.29, 1.82) is 0 Å². The summed E-state index contributed by atoms with van der Waals surface area (Å²) in [6.07, 6.45) is 0. The molecule has 3 nitrogen and oxygen atoms in total. The molecule has 2 rings (SSSR count). The topological polar surface area (TPSA) is 29.0 Å². The third-order valence-electron chi connectivity index (χ3n) is 2.33. The van der Waals surface area contributed by atoms with Crippen LogP contribution in [0.25, 0.3) is 0 Å². The Bertz CT molecular complexity index is 503. The SMILES string of the molecule is CN(Cc1ccccc1Br)Cc1nnsc1Cl. The summed E-state index contributed by atoms with van der Waals surface area (Å²) in [6.45, 7) is 1.55. The van der Waals surface area contributed by atoms with Crippen molar-refractivity contribution in [3.63, 3.8) is 0 Å². The van der Waals surface area contributed by atoms with Crippen LogP contribution in [0.4, 0.5) is 0 Å². The highest BCUT2D eigenvalue weighted by atomic mass is 79.9. The summed E-state index contributed by atoms with van der Waals surface area (Å²) >= 11 is 10.7. The van der Waals surface area contributed by atoms with E-state index in [-0.39, 0.29) is 0 Å². The summed E-state index contributed by atoms with van der Waals surface area (Å²) in [6, 6.07) is 8.18. The number of hydrogen-bond donors (Lipinski definition) is 0. The van der Waals surface area contributed by atoms with Crippen LogP contribution in [0, 0.1) is 0 Å². The van der Waals surface area contributed by atoms with Crippen LogP contribution in [0.2, 0.25) is 4.34 Å². The smallest absolute Gasteiger partial charge is 0.138 e. The second-order valence-corrected chi connectivity index (χ2v) is 5.97. The number of hydrogen-bond acceptors (Lipinski definition) is 4. The van der Waals surface area contributed by atoms with Crippen molar-refractivity contribution in [2.45, 2.75) is 13.1 Å². The van der Waals surface area contributed by atoms with Crippen molar-refractivity contribution in [3.8, 4) is 0 Å². The normalized spacial score (nSPS) is 11.1. The maximum atomic E-state index is 5.98. The number of aromatic nitrogens is 2. The lowest BCUT2D eigenvalue weighted by Gasteiger charge is -2.16. The van der Waals surface area contributed by atoms with Gasteiger partial charge in [-0.05, 0) is 18.7 Å². The van der Waals surface area contributed by atoms with E-state index < -0.39 is 0 Å². The molecule has 2 aromatic rings. The molecule has 0 saturated heterocycles. The minimum Gasteiger partial charge on any atom is -0.296 e. The first-order chi connectivity index (χ1) is 8.16. The molecule has 0 aliphatic carbocycles. The third-order valence-corrected chi connectivity index (χ3v) is 4.09. The largest absolute Gasteiger partial charge is 0.296 e. The van der Waals surface area contributed by atoms with Gasteiger partial charge in [0.25, 0.3) is 0 Å². The average molecular weight is 333 g/mol. The van der Waals surface area contributed by atoms with Gasteiger partial charge in [0, 0.05) is 29.1 Å². The molecule has 0 radical (unpaired) electrons. The number of nitrogens with zero attached hydrogens (tertiary/aromatic N) is 3. The molecule has 1 aromatic heterocycles. The van der Waals surface area contributed by atoms with Crippen molar-refractivity contribution >= 4 is 39.1 Å². The zero-order valence-electron chi connectivity index (χ0n) is 9.23. The van der Waals surface area contributed by atoms with Crippen molar-refractivity contribution < 1.29 is 0 Å². The fraction of sp³-hybridized carbons (Fsp3) is 0.273. The minimum absolute atomic E-state index is 0.670. The van der Waals surface area contributed by atoms with E-state index in [1.54, 1.807) is 0 Å². The Morgan fingerprint density at radius 2 is 2.12 bits per heavy atom. The highest BCUT2D eigenvalue weighted by molar-refractivity contribution is 9.10. The molecule has 0 unspecified atom stereocenters. The highest BCUT2D eigenvalue weighted by Gasteiger charge is 2.09. The van der Waals surface area contributed by atoms with E-state index in [1.165, 1.54) is 17.1 Å². The van der Waals surface area contributed by atoms with Gasteiger partial charge in [-0.1, -0.05) is 50.2 Å². The Kier molecular flexibility index (Phi) is 4.50. The van der Waals surface area contributed by atoms with Crippen LogP contribution in [0.5, 0.6) is 0 Å². The van der Waals surface area contributed by atoms with Crippen LogP contribution in [0.1, 0.15) is 11.3 Å². The van der Waals surface area contributed by atoms with Gasteiger partial charge in [-0.3, -0.25) is 4.90 Å². The van der Waals surface area contributed by atoms with Crippen molar-refractivity contribution in [1.82, 2.24) is 14.5 Å². The standard InChI is InChI=1S/C11H11BrClN3S/c1-16(7-10-11(13)17-15-14-10)6-8-4-2-3-5-9(8)12/h2-5H,6-7H2,1H3. The Morgan fingerprint density at radius 3 is 2.76 bits per heavy atom. The fourth-order valence-corrected chi connectivity index (χ4v) is 2.54. The third kappa shape index (κ3) is 3.48. The van der Waals surface area contributed by atoms with E-state index in [2.05, 4.69) is 36.5 Å². The van der Waals surface area contributed by atoms with Gasteiger partial charge < -0.3 is 0 Å². The maximum absolute atomic E-state index is 5.98. The van der Waals surface area contributed by atoms with Crippen LogP contribution < -0.4 is 0 Å². The molecule has 0 N–H and O–H groups in total. The summed E-state index contributed by atoms with van der Waals surface area (Å²) in [5.41, 5.74) is 2.08. The molecular weight excluding hydrogens is 322 g/mol. The van der Waals surface area contributed by atoms with Gasteiger partial charge in [0.1, 0.15) is 10.0 Å². The van der Waals surface area contributed by atoms with Crippen LogP contribution in [-0.2, 0) is 13.1 Å². The molecule has 6 heteroatoms. The van der Waals surface area contributed by atoms with E-state index in [0.29, 0.717) is 10.9 Å². The Morgan fingerprint density at radius 1 is 1.35 bits per heavy atom. The molecule has 0 bridgehead atoms. The van der Waals surface area contributed by atoms with Crippen LogP contribution >= 0.6 is 39.1 Å². The zero-order valence-corrected chi connectivity index (χ0v) is 12.4. The van der Waals surface area contributed by atoms with Gasteiger partial charge in [-0.2, -0.15) is 0 Å². The quantitative estimate of drug-likeness (QED) is 0.857. The van der Waals surface area contributed by atoms with Gasteiger partial charge in [-0.25, -0.2) is 0 Å². The number of rotatable bonds is 4. The lowest BCUT2D eigenvalue weighted by atomic mass is 10.2. The second-order valence-electron chi connectivity index (χ2n) is 3.76. The van der Waals surface area contributed by atoms with Gasteiger partial charge in [0.15, 0.2) is 0 Å². The summed E-state index contributed by atoms with van der Waals surface area (Å²) < 4.78 is 5.61. The van der Waals surface area contributed by atoms with Crippen molar-refractivity contribution in [3.05, 3.63) is 44.3 Å². The molecule has 0 saturated carbocycles. The maximum Gasteiger partial charge on any atom is 0.138 e. The minimum atomic E-state index is 0.670. The van der Waals surface area contributed by atoms with E-state index in [1.807, 2.05) is 25.2 Å². The summed E-state index contributed by atoms with van der Waals surface area (Å²) in [7, 11) is 2.04. The van der Waals surface area contributed by atoms with Crippen LogP contribution in [0.3, 0.4) is 0 Å². The average Bonchev–Trinajstić information content (AvgIpc) is 2.68. The van der Waals surface area contributed by atoms with Crippen molar-refractivity contribution in [2.24, 2.45) is 0 Å². The summed E-state index contributed by atoms with van der Waals surface area (Å²) in [4.78, 5) is 2.16. The van der Waals surface area contributed by atoms with Gasteiger partial charge in [-0.15, -0.1) is 5.10 Å². The first-order valence-electron chi connectivity index (χ1n) is 5.05. The van der Waals surface area contributed by atoms with E-state index in [4.69, 9.17) is 11.6 Å². The predicted octanol–water partition coefficient (Wildman–Crippen LogP) is 3.59. The first-order valence-corrected chi connectivity index (χ1v) is 7.00. The summed E-state index contributed by atoms with van der Waals surface area (Å²) in [5, 5.41) is 4.00. The lowest BCUT2D eigenvalue weighted by molar-refractivity contribution is 0.314. The molecule has 1 aromatic carbocycles. The monoisotopic (exact) mass is 331 g/mol. The highest BCUT2D eigenvalue weighted by Crippen LogP contribution is 2.21. The molecule has 0 aliphatic heterocycles. The van der Waals surface area contributed by atoms with Gasteiger partial charge in [0.2, 0.25) is 0 Å². The first kappa shape index (κ1) is 13.0. The molecule has 0 amide bonds. The molecular formula is C11H11BrClN3S. The Hall–Kier alpha value is -0.490. The van der Waals surface area contributed by atoms with E-state index >= 15 is 0 Å². The number of halogens is 2. The molecule has 17 heavy (non-hydrogen) atoms. The van der Waals surface area contributed by atoms with E-state index in [0.717, 1.165) is 16.7 Å². The molecule has 90 valence electrons. The van der Waals surface area contributed by atoms with Gasteiger partial charge >= 0.3 is 0 Å². The Balaban J connectivity index is 2.01. The fourth-order valence-electron chi connectivity index (χ4n) is 1.52. The van der Waals surface area contributed by atoms with Gasteiger partial charge in [0.05, 0.1) is 0 Å². The second kappa shape index (κ2) is 5.91. The molecule has 0 atom stereocenters. The molecule has 1 heterocycles. The lowest BCUT2D eigenvalue weighted by Crippen LogP contribution is -2.18. The zero-order chi connectivity index (χ0) is 12.3. The predicted molar refractivity (Wildman–Crippen MR) is 74.2 cm³/mol. The van der Waals surface area contributed by atoms with Crippen LogP contribution in [-0.4, -0.2) is 21.5 Å². The molecule has 0 aliphatic rings. The number of benzene rings is 1. The summed E-state index contributed by atoms with van der Waals surface area (Å²) in [5.74, 6) is 0. The molecule has 0 spiro atoms. The molecule has 0 fully saturated rings.